The Hall–Kier alpha value is -1.91. The third-order valence-electron chi connectivity index (χ3n) is 2.11. The zero-order chi connectivity index (χ0) is 10.8. The lowest BCUT2D eigenvalue weighted by molar-refractivity contribution is 0.0688. The van der Waals surface area contributed by atoms with Crippen molar-refractivity contribution >= 4 is 5.97 Å². The molecular formula is C10H10O5. The first-order valence-corrected chi connectivity index (χ1v) is 4.55. The minimum Gasteiger partial charge on any atom is -0.507 e. The summed E-state index contributed by atoms with van der Waals surface area (Å²) in [7, 11) is 0. The fraction of sp³-hybridized carbons (Fsp3) is 0.300. The number of hydrogen-bond acceptors (Lipinski definition) is 4. The predicted molar refractivity (Wildman–Crippen MR) is 50.7 cm³/mol. The molecule has 2 N–H and O–H groups in total. The lowest BCUT2D eigenvalue weighted by Gasteiger charge is -2.10. The van der Waals surface area contributed by atoms with Gasteiger partial charge in [0.05, 0.1) is 13.2 Å². The van der Waals surface area contributed by atoms with Crippen LogP contribution in [0.2, 0.25) is 0 Å². The molecule has 0 fully saturated rings. The smallest absolute Gasteiger partial charge is 0.343 e. The van der Waals surface area contributed by atoms with Crippen LogP contribution in [0.25, 0.3) is 0 Å². The minimum absolute atomic E-state index is 0.111. The molecule has 1 aromatic carbocycles. The summed E-state index contributed by atoms with van der Waals surface area (Å²) < 4.78 is 10.6. The number of carboxylic acids is 1. The molecule has 15 heavy (non-hydrogen) atoms. The summed E-state index contributed by atoms with van der Waals surface area (Å²) in [6.45, 7) is 0.869. The van der Waals surface area contributed by atoms with E-state index in [2.05, 4.69) is 0 Å². The second-order valence-corrected chi connectivity index (χ2v) is 3.14. The third kappa shape index (κ3) is 1.68. The number of carbonyl (C=O) groups is 1. The van der Waals surface area contributed by atoms with E-state index in [1.165, 1.54) is 12.1 Å². The van der Waals surface area contributed by atoms with E-state index >= 15 is 0 Å². The number of rotatable bonds is 1. The van der Waals surface area contributed by atoms with Crippen LogP contribution in [0.4, 0.5) is 0 Å². The van der Waals surface area contributed by atoms with E-state index in [1.54, 1.807) is 0 Å². The summed E-state index contributed by atoms with van der Waals surface area (Å²) in [5.41, 5.74) is -0.241. The van der Waals surface area contributed by atoms with Gasteiger partial charge in [0.2, 0.25) is 0 Å². The van der Waals surface area contributed by atoms with Gasteiger partial charge in [0.1, 0.15) is 11.3 Å². The number of phenols is 1. The third-order valence-corrected chi connectivity index (χ3v) is 2.11. The maximum atomic E-state index is 10.9. The molecule has 1 heterocycles. The summed E-state index contributed by atoms with van der Waals surface area (Å²) in [5, 5.41) is 18.3. The fourth-order valence-electron chi connectivity index (χ4n) is 1.43. The van der Waals surface area contributed by atoms with Gasteiger partial charge in [0.25, 0.3) is 0 Å². The second-order valence-electron chi connectivity index (χ2n) is 3.14. The average molecular weight is 210 g/mol. The number of fused-ring (bicyclic) bond motifs is 1. The molecule has 1 aliphatic rings. The van der Waals surface area contributed by atoms with Gasteiger partial charge in [0.15, 0.2) is 11.5 Å². The van der Waals surface area contributed by atoms with Gasteiger partial charge in [-0.2, -0.15) is 0 Å². The normalized spacial score (nSPS) is 14.4. The molecule has 0 saturated carbocycles. The molecule has 5 heteroatoms. The topological polar surface area (TPSA) is 76.0 Å². The Balaban J connectivity index is 2.56. The molecular weight excluding hydrogens is 200 g/mol. The first kappa shape index (κ1) is 9.64. The van der Waals surface area contributed by atoms with Crippen molar-refractivity contribution in [3.63, 3.8) is 0 Å². The Morgan fingerprint density at radius 3 is 2.73 bits per heavy atom. The van der Waals surface area contributed by atoms with Crippen molar-refractivity contribution in [2.75, 3.05) is 13.2 Å². The van der Waals surface area contributed by atoms with Crippen molar-refractivity contribution in [1.82, 2.24) is 0 Å². The number of carboxylic acid groups (broad SMARTS) is 1. The van der Waals surface area contributed by atoms with Gasteiger partial charge in [-0.15, -0.1) is 0 Å². The van der Waals surface area contributed by atoms with Crippen LogP contribution in [-0.4, -0.2) is 29.4 Å². The molecule has 0 aliphatic carbocycles. The van der Waals surface area contributed by atoms with Crippen LogP contribution >= 0.6 is 0 Å². The highest BCUT2D eigenvalue weighted by Crippen LogP contribution is 2.38. The summed E-state index contributed by atoms with van der Waals surface area (Å²) in [4.78, 5) is 10.9. The average Bonchev–Trinajstić information content (AvgIpc) is 2.41. The van der Waals surface area contributed by atoms with Crippen molar-refractivity contribution in [2.24, 2.45) is 0 Å². The Kier molecular flexibility index (Phi) is 2.37. The van der Waals surface area contributed by atoms with E-state index < -0.39 is 5.97 Å². The van der Waals surface area contributed by atoms with Gasteiger partial charge < -0.3 is 19.7 Å². The monoisotopic (exact) mass is 210 g/mol. The molecule has 1 aliphatic heterocycles. The number of aromatic carboxylic acids is 1. The SMILES string of the molecule is O=C(O)c1c(O)ccc2c1OCCCO2. The van der Waals surface area contributed by atoms with Crippen molar-refractivity contribution in [3.05, 3.63) is 17.7 Å². The lowest BCUT2D eigenvalue weighted by Crippen LogP contribution is -2.03. The van der Waals surface area contributed by atoms with Crippen molar-refractivity contribution in [1.29, 1.82) is 0 Å². The van der Waals surface area contributed by atoms with Crippen LogP contribution in [0.5, 0.6) is 17.2 Å². The first-order chi connectivity index (χ1) is 7.20. The molecule has 0 spiro atoms. The largest absolute Gasteiger partial charge is 0.507 e. The molecule has 0 radical (unpaired) electrons. The predicted octanol–water partition coefficient (Wildman–Crippen LogP) is 1.25. The molecule has 5 nitrogen and oxygen atoms in total. The van der Waals surface area contributed by atoms with E-state index in [9.17, 15) is 9.90 Å². The quantitative estimate of drug-likeness (QED) is 0.729. The van der Waals surface area contributed by atoms with Crippen LogP contribution in [-0.2, 0) is 0 Å². The molecule has 80 valence electrons. The van der Waals surface area contributed by atoms with Gasteiger partial charge in [0, 0.05) is 6.42 Å². The molecule has 0 aromatic heterocycles. The first-order valence-electron chi connectivity index (χ1n) is 4.55. The Bertz CT molecular complexity index is 399. The highest BCUT2D eigenvalue weighted by molar-refractivity contribution is 5.95. The Morgan fingerprint density at radius 1 is 1.27 bits per heavy atom. The van der Waals surface area contributed by atoms with Crippen LogP contribution in [0.1, 0.15) is 16.8 Å². The maximum absolute atomic E-state index is 10.9. The van der Waals surface area contributed by atoms with Crippen molar-refractivity contribution in [2.45, 2.75) is 6.42 Å². The van der Waals surface area contributed by atoms with Crippen LogP contribution in [0.3, 0.4) is 0 Å². The zero-order valence-electron chi connectivity index (χ0n) is 7.90. The van der Waals surface area contributed by atoms with E-state index in [1.807, 2.05) is 0 Å². The summed E-state index contributed by atoms with van der Waals surface area (Å²) >= 11 is 0. The Labute approximate surface area is 85.9 Å². The lowest BCUT2D eigenvalue weighted by atomic mass is 10.1. The number of benzene rings is 1. The minimum atomic E-state index is -1.23. The molecule has 0 amide bonds. The number of hydrogen-bond donors (Lipinski definition) is 2. The number of ether oxygens (including phenoxy) is 2. The van der Waals surface area contributed by atoms with Gasteiger partial charge in [-0.3, -0.25) is 0 Å². The second kappa shape index (κ2) is 3.68. The van der Waals surface area contributed by atoms with Gasteiger partial charge in [-0.25, -0.2) is 4.79 Å². The fourth-order valence-corrected chi connectivity index (χ4v) is 1.43. The maximum Gasteiger partial charge on any atom is 0.343 e. The van der Waals surface area contributed by atoms with Gasteiger partial charge >= 0.3 is 5.97 Å². The summed E-state index contributed by atoms with van der Waals surface area (Å²) in [6, 6.07) is 2.79. The van der Waals surface area contributed by atoms with E-state index in [0.29, 0.717) is 25.4 Å². The van der Waals surface area contributed by atoms with Crippen LogP contribution in [0.15, 0.2) is 12.1 Å². The molecule has 0 unspecified atom stereocenters. The Morgan fingerprint density at radius 2 is 2.00 bits per heavy atom. The highest BCUT2D eigenvalue weighted by Gasteiger charge is 2.22. The van der Waals surface area contributed by atoms with Gasteiger partial charge in [-0.1, -0.05) is 0 Å². The standard InChI is InChI=1S/C10H10O5/c11-6-2-3-7-9(8(6)10(12)13)15-5-1-4-14-7/h2-3,11H,1,4-5H2,(H,12,13). The zero-order valence-corrected chi connectivity index (χ0v) is 7.90. The summed E-state index contributed by atoms with van der Waals surface area (Å²) in [6.07, 6.45) is 0.689. The molecule has 0 atom stereocenters. The van der Waals surface area contributed by atoms with E-state index in [4.69, 9.17) is 14.6 Å². The molecule has 1 aromatic rings. The summed E-state index contributed by atoms with van der Waals surface area (Å²) in [5.74, 6) is -1.07. The highest BCUT2D eigenvalue weighted by atomic mass is 16.5. The van der Waals surface area contributed by atoms with Crippen LogP contribution in [0, 0.1) is 0 Å². The molecule has 0 bridgehead atoms. The van der Waals surface area contributed by atoms with Crippen molar-refractivity contribution in [3.8, 4) is 17.2 Å². The van der Waals surface area contributed by atoms with E-state index in [-0.39, 0.29) is 17.1 Å². The molecule has 0 saturated heterocycles. The van der Waals surface area contributed by atoms with Gasteiger partial charge in [-0.05, 0) is 12.1 Å². The van der Waals surface area contributed by atoms with Crippen molar-refractivity contribution < 1.29 is 24.5 Å². The number of aromatic hydroxyl groups is 1. The molecule has 2 rings (SSSR count). The van der Waals surface area contributed by atoms with Crippen LogP contribution < -0.4 is 9.47 Å². The van der Waals surface area contributed by atoms with E-state index in [0.717, 1.165) is 0 Å².